The van der Waals surface area contributed by atoms with Gasteiger partial charge in [-0.2, -0.15) is 5.10 Å². The molecule has 4 aromatic heterocycles. The van der Waals surface area contributed by atoms with Gasteiger partial charge in [0.25, 0.3) is 5.91 Å². The molecule has 0 saturated carbocycles. The molecule has 0 unspecified atom stereocenters. The number of nitrogens with zero attached hydrogens (tertiary/aromatic N) is 6. The summed E-state index contributed by atoms with van der Waals surface area (Å²) in [5.41, 5.74) is 7.13. The zero-order chi connectivity index (χ0) is 29.8. The maximum atomic E-state index is 15.2. The van der Waals surface area contributed by atoms with E-state index in [1.807, 2.05) is 57.4 Å². The Balaban J connectivity index is 1.27. The maximum Gasteiger partial charge on any atom is 0.262 e. The summed E-state index contributed by atoms with van der Waals surface area (Å²) in [6.07, 6.45) is 5.27. The number of carbonyl (C=O) groups is 1. The van der Waals surface area contributed by atoms with Crippen LogP contribution in [0.25, 0.3) is 33.3 Å². The summed E-state index contributed by atoms with van der Waals surface area (Å²) in [5, 5.41) is 8.50. The Hall–Kier alpha value is -5.58. The SMILES string of the molecule is COc1cc(-c2ccc(F)c3c2CN(c2cccc4c(-c5nc(Nc6cc(C)n(C)n6)ncc5C)c[nH]c24)C3=O)ccn1. The lowest BCUT2D eigenvalue weighted by Crippen LogP contribution is -2.23. The minimum Gasteiger partial charge on any atom is -0.481 e. The number of methoxy groups -OCH3 is 1. The van der Waals surface area contributed by atoms with Crippen molar-refractivity contribution in [2.24, 2.45) is 7.05 Å². The van der Waals surface area contributed by atoms with Crippen molar-refractivity contribution in [1.29, 1.82) is 0 Å². The van der Waals surface area contributed by atoms with Gasteiger partial charge in [0.2, 0.25) is 11.8 Å². The zero-order valence-corrected chi connectivity index (χ0v) is 23.9. The third kappa shape index (κ3) is 4.37. The molecule has 0 bridgehead atoms. The molecule has 0 saturated heterocycles. The van der Waals surface area contributed by atoms with Crippen molar-refractivity contribution in [3.05, 3.63) is 95.3 Å². The number of halogens is 1. The van der Waals surface area contributed by atoms with E-state index in [-0.39, 0.29) is 12.1 Å². The Morgan fingerprint density at radius 2 is 1.93 bits per heavy atom. The number of amides is 1. The van der Waals surface area contributed by atoms with Crippen LogP contribution in [0.3, 0.4) is 0 Å². The molecule has 2 aromatic carbocycles. The maximum absolute atomic E-state index is 15.2. The van der Waals surface area contributed by atoms with Gasteiger partial charge in [-0.05, 0) is 54.3 Å². The molecule has 214 valence electrons. The van der Waals surface area contributed by atoms with Gasteiger partial charge in [0, 0.05) is 54.4 Å². The van der Waals surface area contributed by atoms with Crippen LogP contribution in [0, 0.1) is 19.7 Å². The van der Waals surface area contributed by atoms with Crippen LogP contribution in [0.1, 0.15) is 27.2 Å². The van der Waals surface area contributed by atoms with Crippen LogP contribution in [-0.2, 0) is 13.6 Å². The Morgan fingerprint density at radius 1 is 1.07 bits per heavy atom. The number of H-pyrrole nitrogens is 1. The first-order chi connectivity index (χ1) is 20.8. The number of fused-ring (bicyclic) bond motifs is 2. The molecule has 7 rings (SSSR count). The lowest BCUT2D eigenvalue weighted by Gasteiger charge is -2.17. The van der Waals surface area contributed by atoms with E-state index >= 15 is 4.39 Å². The van der Waals surface area contributed by atoms with E-state index in [2.05, 4.69) is 25.4 Å². The van der Waals surface area contributed by atoms with Crippen molar-refractivity contribution in [1.82, 2.24) is 29.7 Å². The molecule has 10 nitrogen and oxygen atoms in total. The molecule has 6 aromatic rings. The van der Waals surface area contributed by atoms with Crippen LogP contribution < -0.4 is 15.0 Å². The van der Waals surface area contributed by atoms with E-state index < -0.39 is 11.7 Å². The molecular weight excluding hydrogens is 547 g/mol. The lowest BCUT2D eigenvalue weighted by molar-refractivity contribution is 0.0993. The zero-order valence-electron chi connectivity index (χ0n) is 23.9. The number of hydrogen-bond donors (Lipinski definition) is 2. The number of benzene rings is 2. The summed E-state index contributed by atoms with van der Waals surface area (Å²) >= 11 is 0. The monoisotopic (exact) mass is 574 g/mol. The molecule has 2 N–H and O–H groups in total. The fourth-order valence-electron chi connectivity index (χ4n) is 5.60. The highest BCUT2D eigenvalue weighted by Gasteiger charge is 2.35. The number of pyridine rings is 1. The molecule has 0 spiro atoms. The molecule has 43 heavy (non-hydrogen) atoms. The van der Waals surface area contributed by atoms with Crippen LogP contribution >= 0.6 is 0 Å². The van der Waals surface area contributed by atoms with Crippen LogP contribution in [0.2, 0.25) is 0 Å². The van der Waals surface area contributed by atoms with Crippen molar-refractivity contribution < 1.29 is 13.9 Å². The van der Waals surface area contributed by atoms with Crippen LogP contribution in [-0.4, -0.2) is 42.7 Å². The van der Waals surface area contributed by atoms with Gasteiger partial charge in [-0.3, -0.25) is 9.48 Å². The molecule has 0 fully saturated rings. The van der Waals surface area contributed by atoms with Crippen molar-refractivity contribution in [2.75, 3.05) is 17.3 Å². The van der Waals surface area contributed by atoms with Crippen LogP contribution in [0.4, 0.5) is 21.8 Å². The molecule has 0 radical (unpaired) electrons. The third-order valence-electron chi connectivity index (χ3n) is 7.86. The second-order valence-corrected chi connectivity index (χ2v) is 10.5. The van der Waals surface area contributed by atoms with Gasteiger partial charge in [-0.1, -0.05) is 18.2 Å². The van der Waals surface area contributed by atoms with Crippen molar-refractivity contribution in [3.8, 4) is 28.3 Å². The summed E-state index contributed by atoms with van der Waals surface area (Å²) in [5.74, 6) is 0.569. The van der Waals surface area contributed by atoms with Gasteiger partial charge in [-0.15, -0.1) is 0 Å². The number of carbonyl (C=O) groups excluding carboxylic acids is 1. The number of hydrogen-bond acceptors (Lipinski definition) is 7. The van der Waals surface area contributed by atoms with Gasteiger partial charge in [0.05, 0.1) is 36.1 Å². The van der Waals surface area contributed by atoms with E-state index in [1.165, 1.54) is 6.07 Å². The van der Waals surface area contributed by atoms with Gasteiger partial charge < -0.3 is 19.9 Å². The topological polar surface area (TPSA) is 114 Å². The first-order valence-corrected chi connectivity index (χ1v) is 13.7. The highest BCUT2D eigenvalue weighted by Crippen LogP contribution is 2.41. The predicted octanol–water partition coefficient (Wildman–Crippen LogP) is 6.09. The minimum absolute atomic E-state index is 0.0733. The quantitative estimate of drug-likeness (QED) is 0.248. The molecule has 0 atom stereocenters. The molecular formula is C32H27FN8O2. The number of rotatable bonds is 6. The van der Waals surface area contributed by atoms with Gasteiger partial charge in [0.15, 0.2) is 5.82 Å². The Bertz CT molecular complexity index is 2050. The average molecular weight is 575 g/mol. The average Bonchev–Trinajstić information content (AvgIpc) is 3.69. The van der Waals surface area contributed by atoms with Gasteiger partial charge in [0.1, 0.15) is 5.82 Å². The Kier molecular flexibility index (Phi) is 6.15. The fraction of sp³-hybridized carbons (Fsp3) is 0.156. The Morgan fingerprint density at radius 3 is 2.72 bits per heavy atom. The number of para-hydroxylation sites is 1. The van der Waals surface area contributed by atoms with Gasteiger partial charge in [-0.25, -0.2) is 19.3 Å². The number of ether oxygens (including phenoxy) is 1. The number of anilines is 3. The summed E-state index contributed by atoms with van der Waals surface area (Å²) in [6, 6.07) is 14.3. The van der Waals surface area contributed by atoms with Crippen LogP contribution in [0.5, 0.6) is 5.88 Å². The van der Waals surface area contributed by atoms with Crippen molar-refractivity contribution in [2.45, 2.75) is 20.4 Å². The fourth-order valence-corrected chi connectivity index (χ4v) is 5.60. The van der Waals surface area contributed by atoms with Crippen molar-refractivity contribution in [3.63, 3.8) is 0 Å². The van der Waals surface area contributed by atoms with Crippen molar-refractivity contribution >= 4 is 34.3 Å². The largest absolute Gasteiger partial charge is 0.481 e. The first kappa shape index (κ1) is 26.3. The number of aromatic nitrogens is 6. The third-order valence-corrected chi connectivity index (χ3v) is 7.86. The lowest BCUT2D eigenvalue weighted by atomic mass is 9.97. The van der Waals surface area contributed by atoms with E-state index in [0.29, 0.717) is 28.9 Å². The summed E-state index contributed by atoms with van der Waals surface area (Å²) in [4.78, 5) is 32.1. The van der Waals surface area contributed by atoms with E-state index in [4.69, 9.17) is 9.72 Å². The predicted molar refractivity (Wildman–Crippen MR) is 162 cm³/mol. The standard InChI is InChI=1S/C32H27FN8O2/c1-17-14-36-32(37-26-12-18(2)40(3)39-26)38-29(17)22-15-35-30-21(22)6-5-7-25(30)41-16-23-20(8-9-24(33)28(23)31(41)42)19-10-11-34-27(13-19)43-4/h5-15,35H,16H2,1-4H3,(H,36,37,38,39). The summed E-state index contributed by atoms with van der Waals surface area (Å²) in [6.45, 7) is 4.13. The molecule has 5 heterocycles. The summed E-state index contributed by atoms with van der Waals surface area (Å²) in [7, 11) is 3.42. The van der Waals surface area contributed by atoms with Crippen LogP contribution in [0.15, 0.2) is 67.1 Å². The number of aryl methyl sites for hydroxylation is 3. The molecule has 11 heteroatoms. The normalized spacial score (nSPS) is 12.7. The molecule has 1 aliphatic rings. The molecule has 1 amide bonds. The second-order valence-electron chi connectivity index (χ2n) is 10.5. The number of nitrogens with one attached hydrogen (secondary N) is 2. The highest BCUT2D eigenvalue weighted by atomic mass is 19.1. The molecule has 1 aliphatic heterocycles. The smallest absolute Gasteiger partial charge is 0.262 e. The minimum atomic E-state index is -0.550. The molecule has 0 aliphatic carbocycles. The Labute approximate surface area is 246 Å². The first-order valence-electron chi connectivity index (χ1n) is 13.7. The van der Waals surface area contributed by atoms with E-state index in [1.54, 1.807) is 41.2 Å². The number of aromatic amines is 1. The summed E-state index contributed by atoms with van der Waals surface area (Å²) < 4.78 is 22.2. The second kappa shape index (κ2) is 10.1. The van der Waals surface area contributed by atoms with E-state index in [0.717, 1.165) is 44.5 Å². The highest BCUT2D eigenvalue weighted by molar-refractivity contribution is 6.15. The van der Waals surface area contributed by atoms with Gasteiger partial charge >= 0.3 is 0 Å². The van der Waals surface area contributed by atoms with E-state index in [9.17, 15) is 4.79 Å².